The standard InChI is InChI=1S/C19H28N4O2S2/c1-7-25-19(24)16-11(2)15-17(23-8-9-26-13(4)12(23)3)20-14(10-22(5)6)21-18(15)27-16/h12-13H,7-10H2,1-6H3. The molecule has 2 unspecified atom stereocenters. The molecular formula is C19H28N4O2S2. The van der Waals surface area contributed by atoms with E-state index in [1.54, 1.807) is 0 Å². The van der Waals surface area contributed by atoms with Gasteiger partial charge in [-0.25, -0.2) is 14.8 Å². The van der Waals surface area contributed by atoms with Crippen molar-refractivity contribution in [3.63, 3.8) is 0 Å². The lowest BCUT2D eigenvalue weighted by molar-refractivity contribution is 0.0531. The highest BCUT2D eigenvalue weighted by Crippen LogP contribution is 2.38. The SMILES string of the molecule is CCOC(=O)c1sc2nc(CN(C)C)nc(N3CCSC(C)C3C)c2c1C. The number of ether oxygens (including phenoxy) is 1. The zero-order valence-corrected chi connectivity index (χ0v) is 18.5. The molecule has 148 valence electrons. The van der Waals surface area contributed by atoms with Crippen LogP contribution in [0.3, 0.4) is 0 Å². The summed E-state index contributed by atoms with van der Waals surface area (Å²) in [6.07, 6.45) is 0. The number of hydrogen-bond acceptors (Lipinski definition) is 8. The summed E-state index contributed by atoms with van der Waals surface area (Å²) in [7, 11) is 4.03. The van der Waals surface area contributed by atoms with E-state index in [2.05, 4.69) is 23.6 Å². The lowest BCUT2D eigenvalue weighted by Gasteiger charge is -2.38. The van der Waals surface area contributed by atoms with Crippen LogP contribution >= 0.6 is 23.1 Å². The highest BCUT2D eigenvalue weighted by molar-refractivity contribution is 8.00. The molecule has 1 saturated heterocycles. The van der Waals surface area contributed by atoms with Crippen LogP contribution in [0, 0.1) is 6.92 Å². The predicted octanol–water partition coefficient (Wildman–Crippen LogP) is 3.57. The lowest BCUT2D eigenvalue weighted by atomic mass is 10.1. The van der Waals surface area contributed by atoms with Gasteiger partial charge >= 0.3 is 5.97 Å². The summed E-state index contributed by atoms with van der Waals surface area (Å²) in [6, 6.07) is 0.374. The van der Waals surface area contributed by atoms with Gasteiger partial charge in [-0.15, -0.1) is 11.3 Å². The van der Waals surface area contributed by atoms with Gasteiger partial charge in [0, 0.05) is 23.6 Å². The van der Waals surface area contributed by atoms with Crippen molar-refractivity contribution in [3.8, 4) is 0 Å². The van der Waals surface area contributed by atoms with Gasteiger partial charge in [0.2, 0.25) is 0 Å². The normalized spacial score (nSPS) is 20.5. The molecule has 0 aliphatic carbocycles. The minimum Gasteiger partial charge on any atom is -0.462 e. The summed E-state index contributed by atoms with van der Waals surface area (Å²) in [5, 5.41) is 1.53. The number of aromatic nitrogens is 2. The van der Waals surface area contributed by atoms with Crippen LogP contribution in [0.15, 0.2) is 0 Å². The first kappa shape index (κ1) is 20.4. The highest BCUT2D eigenvalue weighted by atomic mass is 32.2. The van der Waals surface area contributed by atoms with E-state index in [0.29, 0.717) is 29.3 Å². The van der Waals surface area contributed by atoms with E-state index < -0.39 is 0 Å². The Bertz CT molecular complexity index is 837. The molecule has 0 bridgehead atoms. The van der Waals surface area contributed by atoms with Crippen LogP contribution in [-0.2, 0) is 11.3 Å². The van der Waals surface area contributed by atoms with Gasteiger partial charge in [0.05, 0.1) is 18.5 Å². The monoisotopic (exact) mass is 408 g/mol. The smallest absolute Gasteiger partial charge is 0.348 e. The molecule has 27 heavy (non-hydrogen) atoms. The molecule has 0 spiro atoms. The molecule has 0 saturated carbocycles. The molecule has 1 aliphatic rings. The maximum Gasteiger partial charge on any atom is 0.348 e. The van der Waals surface area contributed by atoms with Crippen molar-refractivity contribution in [1.82, 2.24) is 14.9 Å². The summed E-state index contributed by atoms with van der Waals surface area (Å²) in [4.78, 5) is 28.1. The second-order valence-corrected chi connectivity index (χ2v) is 9.65. The summed E-state index contributed by atoms with van der Waals surface area (Å²) in [5.74, 6) is 2.56. The van der Waals surface area contributed by atoms with Crippen LogP contribution in [-0.4, -0.2) is 65.1 Å². The highest BCUT2D eigenvalue weighted by Gasteiger charge is 2.30. The summed E-state index contributed by atoms with van der Waals surface area (Å²) >= 11 is 3.42. The van der Waals surface area contributed by atoms with E-state index in [9.17, 15) is 4.79 Å². The lowest BCUT2D eigenvalue weighted by Crippen LogP contribution is -2.45. The second-order valence-electron chi connectivity index (χ2n) is 7.17. The first-order valence-corrected chi connectivity index (χ1v) is 11.2. The number of thiophene rings is 1. The average Bonchev–Trinajstić information content (AvgIpc) is 2.93. The second kappa shape index (κ2) is 8.32. The van der Waals surface area contributed by atoms with Crippen molar-refractivity contribution in [2.45, 2.75) is 45.5 Å². The van der Waals surface area contributed by atoms with Crippen LogP contribution in [0.1, 0.15) is 41.8 Å². The van der Waals surface area contributed by atoms with Gasteiger partial charge in [-0.1, -0.05) is 6.92 Å². The van der Waals surface area contributed by atoms with Gasteiger partial charge in [-0.2, -0.15) is 11.8 Å². The molecule has 0 amide bonds. The van der Waals surface area contributed by atoms with E-state index in [1.807, 2.05) is 39.7 Å². The van der Waals surface area contributed by atoms with E-state index >= 15 is 0 Å². The Morgan fingerprint density at radius 3 is 2.74 bits per heavy atom. The van der Waals surface area contributed by atoms with Crippen molar-refractivity contribution in [2.24, 2.45) is 0 Å². The number of aryl methyl sites for hydroxylation is 1. The van der Waals surface area contributed by atoms with Gasteiger partial charge in [0.15, 0.2) is 0 Å². The minimum atomic E-state index is -0.270. The molecule has 2 aromatic rings. The van der Waals surface area contributed by atoms with Gasteiger partial charge in [-0.05, 0) is 40.4 Å². The number of anilines is 1. The van der Waals surface area contributed by atoms with E-state index in [1.165, 1.54) is 11.3 Å². The molecule has 3 heterocycles. The number of fused-ring (bicyclic) bond motifs is 1. The van der Waals surface area contributed by atoms with Gasteiger partial charge in [-0.3, -0.25) is 0 Å². The number of hydrogen-bond donors (Lipinski definition) is 0. The van der Waals surface area contributed by atoms with Gasteiger partial charge in [0.1, 0.15) is 21.3 Å². The van der Waals surface area contributed by atoms with Crippen molar-refractivity contribution in [1.29, 1.82) is 0 Å². The summed E-state index contributed by atoms with van der Waals surface area (Å²) in [6.45, 7) is 10.3. The molecule has 2 aromatic heterocycles. The van der Waals surface area contributed by atoms with Crippen LogP contribution in [0.5, 0.6) is 0 Å². The molecule has 1 aliphatic heterocycles. The third-order valence-corrected chi connectivity index (χ3v) is 7.40. The Hall–Kier alpha value is -1.38. The van der Waals surface area contributed by atoms with Crippen LogP contribution in [0.4, 0.5) is 5.82 Å². The minimum absolute atomic E-state index is 0.270. The number of carbonyl (C=O) groups excluding carboxylic acids is 1. The Kier molecular flexibility index (Phi) is 6.28. The Balaban J connectivity index is 2.17. The number of rotatable bonds is 5. The van der Waals surface area contributed by atoms with Crippen molar-refractivity contribution < 1.29 is 9.53 Å². The van der Waals surface area contributed by atoms with Gasteiger partial charge < -0.3 is 14.5 Å². The molecule has 2 atom stereocenters. The maximum atomic E-state index is 12.4. The average molecular weight is 409 g/mol. The van der Waals surface area contributed by atoms with Gasteiger partial charge in [0.25, 0.3) is 0 Å². The van der Waals surface area contributed by atoms with Crippen LogP contribution in [0.25, 0.3) is 10.2 Å². The summed E-state index contributed by atoms with van der Waals surface area (Å²) < 4.78 is 5.25. The topological polar surface area (TPSA) is 58.6 Å². The molecule has 0 radical (unpaired) electrons. The van der Waals surface area contributed by atoms with E-state index in [4.69, 9.17) is 14.7 Å². The zero-order valence-electron chi connectivity index (χ0n) is 16.9. The number of nitrogens with zero attached hydrogens (tertiary/aromatic N) is 4. The fourth-order valence-electron chi connectivity index (χ4n) is 3.35. The molecular weight excluding hydrogens is 380 g/mol. The predicted molar refractivity (Wildman–Crippen MR) is 114 cm³/mol. The summed E-state index contributed by atoms with van der Waals surface area (Å²) in [5.41, 5.74) is 0.929. The van der Waals surface area contributed by atoms with E-state index in [-0.39, 0.29) is 5.97 Å². The number of carbonyl (C=O) groups is 1. The molecule has 0 aromatic carbocycles. The first-order valence-electron chi connectivity index (χ1n) is 9.33. The van der Waals surface area contributed by atoms with Crippen LogP contribution < -0.4 is 4.90 Å². The Labute approximate surface area is 169 Å². The Morgan fingerprint density at radius 1 is 1.33 bits per heavy atom. The van der Waals surface area contributed by atoms with Crippen molar-refractivity contribution in [2.75, 3.05) is 37.9 Å². The van der Waals surface area contributed by atoms with E-state index in [0.717, 1.165) is 39.7 Å². The molecule has 0 N–H and O–H groups in total. The number of esters is 1. The quantitative estimate of drug-likeness (QED) is 0.701. The zero-order chi connectivity index (χ0) is 19.7. The van der Waals surface area contributed by atoms with Crippen LogP contribution in [0.2, 0.25) is 0 Å². The molecule has 3 rings (SSSR count). The number of thioether (sulfide) groups is 1. The van der Waals surface area contributed by atoms with Crippen molar-refractivity contribution >= 4 is 45.1 Å². The fourth-order valence-corrected chi connectivity index (χ4v) is 5.53. The largest absolute Gasteiger partial charge is 0.462 e. The molecule has 6 nitrogen and oxygen atoms in total. The Morgan fingerprint density at radius 2 is 2.07 bits per heavy atom. The third kappa shape index (κ3) is 4.07. The third-order valence-electron chi connectivity index (χ3n) is 4.89. The fraction of sp³-hybridized carbons (Fsp3) is 0.632. The first-order chi connectivity index (χ1) is 12.8. The molecule has 1 fully saturated rings. The molecule has 8 heteroatoms. The van der Waals surface area contributed by atoms with Crippen molar-refractivity contribution in [3.05, 3.63) is 16.3 Å². The maximum absolute atomic E-state index is 12.4.